The first-order valence-electron chi connectivity index (χ1n) is 10.6. The van der Waals surface area contributed by atoms with Crippen molar-refractivity contribution in [3.8, 4) is 11.4 Å². The summed E-state index contributed by atoms with van der Waals surface area (Å²) in [4.78, 5) is 41.6. The molecule has 0 spiro atoms. The number of benzene rings is 2. The first-order chi connectivity index (χ1) is 16.2. The van der Waals surface area contributed by atoms with Crippen molar-refractivity contribution in [3.63, 3.8) is 0 Å². The molecule has 0 fully saturated rings. The highest BCUT2D eigenvalue weighted by Crippen LogP contribution is 2.21. The Kier molecular flexibility index (Phi) is 7.42. The molecule has 10 heteroatoms. The predicted molar refractivity (Wildman–Crippen MR) is 132 cm³/mol. The van der Waals surface area contributed by atoms with Gasteiger partial charge in [-0.1, -0.05) is 24.3 Å². The van der Waals surface area contributed by atoms with E-state index in [1.807, 2.05) is 13.8 Å². The van der Waals surface area contributed by atoms with E-state index < -0.39 is 11.5 Å². The van der Waals surface area contributed by atoms with Crippen molar-refractivity contribution in [2.24, 2.45) is 5.73 Å². The molecule has 0 aliphatic carbocycles. The molecule has 1 amide bonds. The van der Waals surface area contributed by atoms with Crippen molar-refractivity contribution in [2.45, 2.75) is 33.0 Å². The van der Waals surface area contributed by atoms with E-state index in [1.54, 1.807) is 36.4 Å². The van der Waals surface area contributed by atoms with Crippen LogP contribution in [0.2, 0.25) is 0 Å². The van der Waals surface area contributed by atoms with Gasteiger partial charge >= 0.3 is 0 Å². The maximum absolute atomic E-state index is 13.2. The third-order valence-corrected chi connectivity index (χ3v) is 4.92. The molecule has 2 aromatic carbocycles. The molecular weight excluding hydrogens is 434 g/mol. The van der Waals surface area contributed by atoms with Gasteiger partial charge in [0.2, 0.25) is 5.91 Å². The number of nitrogens with one attached hydrogen (secondary N) is 3. The molecule has 3 rings (SSSR count). The Morgan fingerprint density at radius 3 is 2.53 bits per heavy atom. The Morgan fingerprint density at radius 2 is 1.91 bits per heavy atom. The Bertz CT molecular complexity index is 1280. The van der Waals surface area contributed by atoms with Gasteiger partial charge in [-0.3, -0.25) is 24.4 Å². The molecular formula is C24H27N7O3. The Labute approximate surface area is 196 Å². The molecule has 0 aliphatic heterocycles. The number of aldehydes is 1. The second kappa shape index (κ2) is 10.4. The van der Waals surface area contributed by atoms with Gasteiger partial charge in [0.15, 0.2) is 0 Å². The van der Waals surface area contributed by atoms with Gasteiger partial charge in [-0.15, -0.1) is 0 Å². The number of amidine groups is 1. The Hall–Kier alpha value is -4.47. The van der Waals surface area contributed by atoms with E-state index in [4.69, 9.17) is 16.9 Å². The number of hydrogen-bond acceptors (Lipinski definition) is 7. The van der Waals surface area contributed by atoms with E-state index in [1.165, 1.54) is 16.8 Å². The van der Waals surface area contributed by atoms with E-state index in [0.29, 0.717) is 28.7 Å². The van der Waals surface area contributed by atoms with Crippen LogP contribution in [-0.2, 0) is 17.9 Å². The number of aromatic nitrogens is 2. The molecule has 1 aromatic heterocycles. The van der Waals surface area contributed by atoms with E-state index in [0.717, 1.165) is 5.56 Å². The van der Waals surface area contributed by atoms with Crippen LogP contribution in [0, 0.1) is 5.41 Å². The van der Waals surface area contributed by atoms with Gasteiger partial charge < -0.3 is 22.1 Å². The van der Waals surface area contributed by atoms with Gasteiger partial charge in [0.05, 0.1) is 6.20 Å². The van der Waals surface area contributed by atoms with Crippen molar-refractivity contribution in [3.05, 3.63) is 75.7 Å². The van der Waals surface area contributed by atoms with Crippen LogP contribution in [0.25, 0.3) is 11.4 Å². The fourth-order valence-electron chi connectivity index (χ4n) is 3.36. The van der Waals surface area contributed by atoms with E-state index in [9.17, 15) is 14.4 Å². The standard InChI is InChI=1S/C24H27N7O3/c1-14(2)30-20-11-29-23(18-7-16(13-32)8-19(25)9-18)31(24(20)34)12-21(33)28-10-15-3-5-17(6-4-15)22(26)27/h3-9,11,13-14,30H,10,12,25H2,1-2H3,(H3,26,27)(H,28,33). The predicted octanol–water partition coefficient (Wildman–Crippen LogP) is 1.73. The van der Waals surface area contributed by atoms with Gasteiger partial charge in [0, 0.05) is 35.0 Å². The SMILES string of the molecule is CC(C)Nc1cnc(-c2cc(N)cc(C=O)c2)n(CC(=O)NCc2ccc(C(=N)N)cc2)c1=O. The highest BCUT2D eigenvalue weighted by atomic mass is 16.2. The van der Waals surface area contributed by atoms with Gasteiger partial charge in [0.25, 0.3) is 5.56 Å². The van der Waals surface area contributed by atoms with Crippen LogP contribution in [0.1, 0.15) is 35.3 Å². The van der Waals surface area contributed by atoms with Crippen molar-refractivity contribution in [2.75, 3.05) is 11.1 Å². The number of nitrogens with two attached hydrogens (primary N) is 2. The molecule has 0 saturated carbocycles. The molecule has 0 atom stereocenters. The number of nitrogens with zero attached hydrogens (tertiary/aromatic N) is 2. The largest absolute Gasteiger partial charge is 0.399 e. The smallest absolute Gasteiger partial charge is 0.277 e. The first kappa shape index (κ1) is 24.2. The summed E-state index contributed by atoms with van der Waals surface area (Å²) < 4.78 is 1.25. The van der Waals surface area contributed by atoms with Gasteiger partial charge in [-0.25, -0.2) is 4.98 Å². The van der Waals surface area contributed by atoms with Crippen LogP contribution in [0.5, 0.6) is 0 Å². The van der Waals surface area contributed by atoms with E-state index in [2.05, 4.69) is 15.6 Å². The summed E-state index contributed by atoms with van der Waals surface area (Å²) in [5.74, 6) is -0.221. The molecule has 1 heterocycles. The monoisotopic (exact) mass is 461 g/mol. The van der Waals surface area contributed by atoms with Crippen LogP contribution >= 0.6 is 0 Å². The molecule has 0 aliphatic rings. The molecule has 0 unspecified atom stereocenters. The molecule has 7 N–H and O–H groups in total. The van der Waals surface area contributed by atoms with E-state index >= 15 is 0 Å². The van der Waals surface area contributed by atoms with Crippen molar-refractivity contribution in [1.29, 1.82) is 5.41 Å². The number of amides is 1. The zero-order chi connectivity index (χ0) is 24.8. The number of carbonyl (C=O) groups excluding carboxylic acids is 2. The maximum atomic E-state index is 13.2. The fraction of sp³-hybridized carbons (Fsp3) is 0.208. The Morgan fingerprint density at radius 1 is 1.21 bits per heavy atom. The number of rotatable bonds is 9. The summed E-state index contributed by atoms with van der Waals surface area (Å²) in [5, 5.41) is 13.3. The lowest BCUT2D eigenvalue weighted by Crippen LogP contribution is -2.35. The summed E-state index contributed by atoms with van der Waals surface area (Å²) in [6, 6.07) is 11.6. The molecule has 0 bridgehead atoms. The third-order valence-electron chi connectivity index (χ3n) is 4.92. The van der Waals surface area contributed by atoms with Gasteiger partial charge in [-0.05, 0) is 37.6 Å². The van der Waals surface area contributed by atoms with Gasteiger partial charge in [-0.2, -0.15) is 0 Å². The minimum absolute atomic E-state index is 0.0189. The second-order valence-electron chi connectivity index (χ2n) is 8.08. The van der Waals surface area contributed by atoms with Crippen LogP contribution in [0.4, 0.5) is 11.4 Å². The minimum Gasteiger partial charge on any atom is -0.399 e. The summed E-state index contributed by atoms with van der Waals surface area (Å²) in [7, 11) is 0. The highest BCUT2D eigenvalue weighted by Gasteiger charge is 2.16. The lowest BCUT2D eigenvalue weighted by atomic mass is 10.1. The van der Waals surface area contributed by atoms with E-state index in [-0.39, 0.29) is 36.5 Å². The summed E-state index contributed by atoms with van der Waals surface area (Å²) in [6.07, 6.45) is 2.06. The number of nitrogen functional groups attached to an aromatic ring is 2. The number of hydrogen-bond donors (Lipinski definition) is 5. The molecule has 10 nitrogen and oxygen atoms in total. The molecule has 34 heavy (non-hydrogen) atoms. The quantitative estimate of drug-likeness (QED) is 0.140. The van der Waals surface area contributed by atoms with Crippen molar-refractivity contribution in [1.82, 2.24) is 14.9 Å². The molecule has 3 aromatic rings. The second-order valence-corrected chi connectivity index (χ2v) is 8.08. The third kappa shape index (κ3) is 5.85. The lowest BCUT2D eigenvalue weighted by molar-refractivity contribution is -0.121. The van der Waals surface area contributed by atoms with Crippen LogP contribution in [-0.4, -0.2) is 33.6 Å². The average molecular weight is 462 g/mol. The first-order valence-corrected chi connectivity index (χ1v) is 10.6. The normalized spacial score (nSPS) is 10.7. The topological polar surface area (TPSA) is 169 Å². The number of anilines is 2. The summed E-state index contributed by atoms with van der Waals surface area (Å²) >= 11 is 0. The maximum Gasteiger partial charge on any atom is 0.277 e. The van der Waals surface area contributed by atoms with Crippen LogP contribution in [0.3, 0.4) is 0 Å². The minimum atomic E-state index is -0.422. The lowest BCUT2D eigenvalue weighted by Gasteiger charge is -2.16. The van der Waals surface area contributed by atoms with Crippen molar-refractivity contribution < 1.29 is 9.59 Å². The molecule has 176 valence electrons. The Balaban J connectivity index is 1.90. The summed E-state index contributed by atoms with van der Waals surface area (Å²) in [5.41, 5.74) is 13.7. The fourth-order valence-corrected chi connectivity index (χ4v) is 3.36. The average Bonchev–Trinajstić information content (AvgIpc) is 2.79. The highest BCUT2D eigenvalue weighted by molar-refractivity contribution is 5.94. The van der Waals surface area contributed by atoms with Gasteiger partial charge in [0.1, 0.15) is 30.2 Å². The number of carbonyl (C=O) groups is 2. The zero-order valence-electron chi connectivity index (χ0n) is 19.0. The molecule has 0 saturated heterocycles. The summed E-state index contributed by atoms with van der Waals surface area (Å²) in [6.45, 7) is 3.71. The van der Waals surface area contributed by atoms with Crippen molar-refractivity contribution >= 4 is 29.4 Å². The zero-order valence-corrected chi connectivity index (χ0v) is 19.0. The van der Waals surface area contributed by atoms with Crippen LogP contribution in [0.15, 0.2) is 53.5 Å². The van der Waals surface area contributed by atoms with Crippen LogP contribution < -0.4 is 27.7 Å². The molecule has 0 radical (unpaired) electrons.